The number of guanidine groups is 1. The number of aliphatic imine (C=N–C) groups is 1. The first-order valence-electron chi connectivity index (χ1n) is 21.9. The van der Waals surface area contributed by atoms with Gasteiger partial charge in [0.15, 0.2) is 5.96 Å². The number of amides is 7. The molecule has 368 valence electrons. The van der Waals surface area contributed by atoms with E-state index in [1.54, 1.807) is 13.8 Å². The van der Waals surface area contributed by atoms with Crippen molar-refractivity contribution in [1.29, 1.82) is 0 Å². The molecule has 0 saturated carbocycles. The van der Waals surface area contributed by atoms with Crippen LogP contribution < -0.4 is 49.5 Å². The third-order valence-electron chi connectivity index (χ3n) is 11.0. The Bertz CT molecular complexity index is 2250. The lowest BCUT2D eigenvalue weighted by molar-refractivity contribution is -0.141. The van der Waals surface area contributed by atoms with E-state index in [4.69, 9.17) is 28.0 Å². The van der Waals surface area contributed by atoms with Crippen LogP contribution in [0.2, 0.25) is 0 Å². The van der Waals surface area contributed by atoms with Crippen LogP contribution in [0, 0.1) is 5.92 Å². The number of primary amides is 1. The molecule has 2 aromatic carbocycles. The van der Waals surface area contributed by atoms with E-state index >= 15 is 0 Å². The Labute approximate surface area is 391 Å². The quantitative estimate of drug-likeness (QED) is 0.0233. The largest absolute Gasteiger partial charge is 0.508 e. The number of likely N-dealkylation sites (tertiary alicyclic amines) is 1. The van der Waals surface area contributed by atoms with Crippen molar-refractivity contribution < 1.29 is 53.7 Å². The summed E-state index contributed by atoms with van der Waals surface area (Å²) in [5, 5.41) is 42.3. The molecule has 17 N–H and O–H groups in total. The molecular weight excluding hydrogens is 887 g/mol. The zero-order valence-electron chi connectivity index (χ0n) is 37.7. The van der Waals surface area contributed by atoms with Crippen LogP contribution in [0.3, 0.4) is 0 Å². The summed E-state index contributed by atoms with van der Waals surface area (Å²) >= 11 is 0. The number of aliphatic carboxylic acids is 1. The predicted octanol–water partition coefficient (Wildman–Crippen LogP) is -2.74. The van der Waals surface area contributed by atoms with Crippen LogP contribution in [0.1, 0.15) is 62.8 Å². The van der Waals surface area contributed by atoms with Crippen molar-refractivity contribution in [2.24, 2.45) is 33.8 Å². The lowest BCUT2D eigenvalue weighted by Crippen LogP contribution is -2.61. The molecule has 0 radical (unpaired) electrons. The van der Waals surface area contributed by atoms with Crippen molar-refractivity contribution in [2.45, 2.75) is 108 Å². The number of imidazole rings is 1. The molecular formula is C44H61N13O11. The Morgan fingerprint density at radius 2 is 1.28 bits per heavy atom. The molecule has 1 saturated heterocycles. The highest BCUT2D eigenvalue weighted by Crippen LogP contribution is 2.20. The summed E-state index contributed by atoms with van der Waals surface area (Å²) in [5.74, 6) is -7.97. The molecule has 1 aromatic heterocycles. The van der Waals surface area contributed by atoms with Crippen LogP contribution >= 0.6 is 0 Å². The van der Waals surface area contributed by atoms with Crippen LogP contribution in [0.5, 0.6) is 11.5 Å². The predicted molar refractivity (Wildman–Crippen MR) is 244 cm³/mol. The van der Waals surface area contributed by atoms with Gasteiger partial charge in [-0.2, -0.15) is 0 Å². The summed E-state index contributed by atoms with van der Waals surface area (Å²) in [6.45, 7) is 3.50. The number of H-pyrrole nitrogens is 1. The minimum Gasteiger partial charge on any atom is -0.508 e. The number of carboxylic acids is 1. The normalized spacial score (nSPS) is 15.9. The minimum atomic E-state index is -1.51. The number of phenols is 2. The van der Waals surface area contributed by atoms with E-state index in [-0.39, 0.29) is 62.7 Å². The number of hydrogen-bond acceptors (Lipinski definition) is 13. The maximum Gasteiger partial charge on any atom is 0.305 e. The number of nitrogens with two attached hydrogens (primary N) is 4. The number of benzene rings is 2. The zero-order chi connectivity index (χ0) is 50.1. The Morgan fingerprint density at radius 3 is 1.78 bits per heavy atom. The summed E-state index contributed by atoms with van der Waals surface area (Å²) in [7, 11) is 0. The molecule has 7 atom stereocenters. The number of aromatic hydroxyl groups is 2. The van der Waals surface area contributed by atoms with E-state index in [2.05, 4.69) is 41.5 Å². The monoisotopic (exact) mass is 947 g/mol. The molecule has 2 heterocycles. The fraction of sp³-hybridized carbons (Fsp3) is 0.455. The van der Waals surface area contributed by atoms with Crippen LogP contribution in [-0.2, 0) is 57.6 Å². The number of carbonyl (C=O) groups excluding carboxylic acids is 7. The number of rotatable bonds is 25. The van der Waals surface area contributed by atoms with Gasteiger partial charge < -0.3 is 74.7 Å². The van der Waals surface area contributed by atoms with Gasteiger partial charge in [0.1, 0.15) is 47.8 Å². The fourth-order valence-corrected chi connectivity index (χ4v) is 7.42. The van der Waals surface area contributed by atoms with Gasteiger partial charge in [-0.1, -0.05) is 38.1 Å². The highest BCUT2D eigenvalue weighted by atomic mass is 16.4. The number of aromatic amines is 1. The molecule has 1 aliphatic heterocycles. The Morgan fingerprint density at radius 1 is 0.750 bits per heavy atom. The van der Waals surface area contributed by atoms with Crippen molar-refractivity contribution >= 4 is 53.3 Å². The lowest BCUT2D eigenvalue weighted by atomic mass is 9.99. The van der Waals surface area contributed by atoms with Crippen LogP contribution in [0.25, 0.3) is 0 Å². The van der Waals surface area contributed by atoms with Gasteiger partial charge in [-0.25, -0.2) is 4.98 Å². The van der Waals surface area contributed by atoms with E-state index in [9.17, 15) is 48.6 Å². The van der Waals surface area contributed by atoms with Gasteiger partial charge >= 0.3 is 5.97 Å². The SMILES string of the molecule is CC(C)[C@H](NC(=O)[C@H](CCCN=C(N)N)NC(=O)[C@H](N)CC(=O)O)C(=O)N[C@@H](Cc1ccc(O)cc1)C(=O)N[C@@H](Cc1ccc(O)cc1)C(=O)N[C@@H](Cc1cnc[nH]1)C(=O)N1CCC[C@H]1C(N)=O. The molecule has 24 heteroatoms. The van der Waals surface area contributed by atoms with Gasteiger partial charge in [0, 0.05) is 44.2 Å². The number of carboxylic acid groups (broad SMARTS) is 1. The molecule has 68 heavy (non-hydrogen) atoms. The second-order valence-corrected chi connectivity index (χ2v) is 16.7. The molecule has 3 aromatic rings. The van der Waals surface area contributed by atoms with Gasteiger partial charge in [-0.3, -0.25) is 43.3 Å². The third kappa shape index (κ3) is 16.3. The van der Waals surface area contributed by atoms with Crippen molar-refractivity contribution in [3.05, 3.63) is 77.9 Å². The molecule has 0 unspecified atom stereocenters. The van der Waals surface area contributed by atoms with E-state index < -0.39 is 102 Å². The van der Waals surface area contributed by atoms with E-state index in [1.807, 2.05) is 0 Å². The highest BCUT2D eigenvalue weighted by molar-refractivity contribution is 5.98. The molecule has 0 bridgehead atoms. The Balaban J connectivity index is 1.64. The van der Waals surface area contributed by atoms with Crippen molar-refractivity contribution in [2.75, 3.05) is 13.1 Å². The summed E-state index contributed by atoms with van der Waals surface area (Å²) < 4.78 is 0. The summed E-state index contributed by atoms with van der Waals surface area (Å²) in [6, 6.07) is 2.35. The van der Waals surface area contributed by atoms with Gasteiger partial charge in [0.05, 0.1) is 18.8 Å². The summed E-state index contributed by atoms with van der Waals surface area (Å²) in [4.78, 5) is 120. The average Bonchev–Trinajstić information content (AvgIpc) is 4.00. The lowest BCUT2D eigenvalue weighted by Gasteiger charge is -2.30. The van der Waals surface area contributed by atoms with Gasteiger partial charge in [-0.15, -0.1) is 0 Å². The topological polar surface area (TPSA) is 406 Å². The van der Waals surface area contributed by atoms with Crippen LogP contribution in [-0.4, -0.2) is 139 Å². The third-order valence-corrected chi connectivity index (χ3v) is 11.0. The van der Waals surface area contributed by atoms with Crippen LogP contribution in [0.4, 0.5) is 0 Å². The maximum absolute atomic E-state index is 14.5. The Hall–Kier alpha value is -7.76. The standard InChI is InChI=1S/C44H61N13O11/c1-23(2)36(56-39(64)30(5-3-15-50-44(47)48)52-38(63)29(45)20-35(60)61)42(67)54-32(18-25-9-13-28(59)14-10-25)40(65)53-31(17-24-7-11-27(58)12-8-24)41(66)55-33(19-26-21-49-22-51-26)43(68)57-16-4-6-34(57)37(46)62/h7-14,21-23,29-34,36,58-59H,3-6,15-20,45H2,1-2H3,(H2,46,62)(H,49,51)(H,52,63)(H,53,65)(H,54,67)(H,55,66)(H,56,64)(H,60,61)(H4,47,48,50)/t29-,30+,31+,32+,33+,34+,36+/m1/s1. The number of aromatic nitrogens is 2. The first-order chi connectivity index (χ1) is 32.2. The van der Waals surface area contributed by atoms with Crippen LogP contribution in [0.15, 0.2) is 66.0 Å². The van der Waals surface area contributed by atoms with Crippen molar-refractivity contribution in [3.63, 3.8) is 0 Å². The first-order valence-corrected chi connectivity index (χ1v) is 21.9. The number of nitrogens with one attached hydrogen (secondary N) is 6. The number of carbonyl (C=O) groups is 8. The molecule has 0 aliphatic carbocycles. The zero-order valence-corrected chi connectivity index (χ0v) is 37.7. The second kappa shape index (κ2) is 25.2. The van der Waals surface area contributed by atoms with E-state index in [0.29, 0.717) is 29.7 Å². The molecule has 0 spiro atoms. The molecule has 4 rings (SSSR count). The number of hydrogen-bond donors (Lipinski definition) is 13. The fourth-order valence-electron chi connectivity index (χ4n) is 7.42. The minimum absolute atomic E-state index is 0.0605. The highest BCUT2D eigenvalue weighted by Gasteiger charge is 2.39. The molecule has 24 nitrogen and oxygen atoms in total. The summed E-state index contributed by atoms with van der Waals surface area (Å²) in [5.41, 5.74) is 23.6. The summed E-state index contributed by atoms with van der Waals surface area (Å²) in [6.07, 6.45) is 2.62. The second-order valence-electron chi connectivity index (χ2n) is 16.7. The first kappa shape index (κ1) is 52.9. The van der Waals surface area contributed by atoms with Crippen molar-refractivity contribution in [3.8, 4) is 11.5 Å². The van der Waals surface area contributed by atoms with E-state index in [1.165, 1.54) is 66.0 Å². The molecule has 7 amide bonds. The maximum atomic E-state index is 14.5. The van der Waals surface area contributed by atoms with E-state index in [0.717, 1.165) is 0 Å². The number of phenolic OH excluding ortho intramolecular Hbond substituents is 2. The Kier molecular flexibility index (Phi) is 19.6. The van der Waals surface area contributed by atoms with Gasteiger partial charge in [-0.05, 0) is 67.0 Å². The molecule has 1 fully saturated rings. The molecule has 1 aliphatic rings. The number of nitrogens with zero attached hydrogens (tertiary/aromatic N) is 3. The van der Waals surface area contributed by atoms with Gasteiger partial charge in [0.2, 0.25) is 41.4 Å². The van der Waals surface area contributed by atoms with Crippen molar-refractivity contribution in [1.82, 2.24) is 41.5 Å². The smallest absolute Gasteiger partial charge is 0.305 e. The average molecular weight is 948 g/mol. The van der Waals surface area contributed by atoms with Gasteiger partial charge in [0.25, 0.3) is 0 Å².